The first kappa shape index (κ1) is 15.4. The van der Waals surface area contributed by atoms with Crippen LogP contribution in [-0.4, -0.2) is 49.3 Å². The molecule has 0 unspecified atom stereocenters. The second-order valence-corrected chi connectivity index (χ2v) is 5.54. The predicted octanol–water partition coefficient (Wildman–Crippen LogP) is 2.09. The lowest BCUT2D eigenvalue weighted by atomic mass is 10.2. The molecule has 1 fully saturated rings. The van der Waals surface area contributed by atoms with Crippen LogP contribution >= 0.6 is 0 Å². The average molecular weight is 316 g/mol. The molecule has 1 saturated heterocycles. The molecule has 0 radical (unpaired) electrons. The third kappa shape index (κ3) is 3.65. The Balaban J connectivity index is 1.54. The van der Waals surface area contributed by atoms with Gasteiger partial charge in [-0.15, -0.1) is 0 Å². The molecule has 0 bridgehead atoms. The van der Waals surface area contributed by atoms with E-state index in [0.717, 1.165) is 37.6 Å². The van der Waals surface area contributed by atoms with Crippen molar-refractivity contribution >= 4 is 11.7 Å². The van der Waals surface area contributed by atoms with Crippen molar-refractivity contribution in [3.05, 3.63) is 47.9 Å². The highest BCUT2D eigenvalue weighted by molar-refractivity contribution is 5.86. The molecular formula is C17H20N2O4. The number of furan rings is 1. The van der Waals surface area contributed by atoms with Gasteiger partial charge in [-0.1, -0.05) is 0 Å². The summed E-state index contributed by atoms with van der Waals surface area (Å²) in [6.07, 6.45) is 0. The lowest BCUT2D eigenvalue weighted by molar-refractivity contribution is 0.0561. The van der Waals surface area contributed by atoms with Crippen molar-refractivity contribution in [2.45, 2.75) is 6.54 Å². The minimum atomic E-state index is -0.451. The van der Waals surface area contributed by atoms with Crippen LogP contribution in [0.15, 0.2) is 40.8 Å². The first-order valence-corrected chi connectivity index (χ1v) is 7.59. The van der Waals surface area contributed by atoms with Crippen LogP contribution in [0.1, 0.15) is 16.3 Å². The van der Waals surface area contributed by atoms with Crippen molar-refractivity contribution in [1.82, 2.24) is 4.90 Å². The van der Waals surface area contributed by atoms with E-state index in [1.807, 2.05) is 18.2 Å². The van der Waals surface area contributed by atoms with Gasteiger partial charge in [-0.3, -0.25) is 4.90 Å². The van der Waals surface area contributed by atoms with Crippen molar-refractivity contribution in [3.63, 3.8) is 0 Å². The smallest absolute Gasteiger partial charge is 0.373 e. The minimum Gasteiger partial charge on any atom is -0.508 e. The van der Waals surface area contributed by atoms with Gasteiger partial charge < -0.3 is 19.2 Å². The van der Waals surface area contributed by atoms with Gasteiger partial charge in [0.1, 0.15) is 11.5 Å². The minimum absolute atomic E-state index is 0.241. The molecule has 1 aliphatic rings. The Hall–Kier alpha value is -2.47. The van der Waals surface area contributed by atoms with Crippen LogP contribution in [0.3, 0.4) is 0 Å². The van der Waals surface area contributed by atoms with Crippen LogP contribution < -0.4 is 4.90 Å². The predicted molar refractivity (Wildman–Crippen MR) is 85.6 cm³/mol. The lowest BCUT2D eigenvalue weighted by Crippen LogP contribution is -2.45. The number of aromatic hydroxyl groups is 1. The quantitative estimate of drug-likeness (QED) is 0.871. The van der Waals surface area contributed by atoms with Crippen LogP contribution in [0.2, 0.25) is 0 Å². The van der Waals surface area contributed by atoms with Crippen LogP contribution in [-0.2, 0) is 11.3 Å². The Kier molecular flexibility index (Phi) is 4.52. The number of ether oxygens (including phenoxy) is 1. The van der Waals surface area contributed by atoms with Crippen LogP contribution in [0.4, 0.5) is 5.69 Å². The zero-order valence-electron chi connectivity index (χ0n) is 13.1. The third-order valence-electron chi connectivity index (χ3n) is 4.01. The van der Waals surface area contributed by atoms with Crippen molar-refractivity contribution < 1.29 is 19.1 Å². The zero-order chi connectivity index (χ0) is 16.2. The van der Waals surface area contributed by atoms with Gasteiger partial charge in [0.2, 0.25) is 5.76 Å². The average Bonchev–Trinajstić information content (AvgIpc) is 3.04. The maximum Gasteiger partial charge on any atom is 0.373 e. The number of piperazine rings is 1. The number of phenolic OH excluding ortho intramolecular Hbond substituents is 1. The molecule has 1 aromatic carbocycles. The van der Waals surface area contributed by atoms with E-state index in [1.54, 1.807) is 18.2 Å². The summed E-state index contributed by atoms with van der Waals surface area (Å²) in [7, 11) is 1.34. The number of carbonyl (C=O) groups is 1. The summed E-state index contributed by atoms with van der Waals surface area (Å²) in [6, 6.07) is 10.7. The molecule has 0 amide bonds. The number of methoxy groups -OCH3 is 1. The maximum absolute atomic E-state index is 11.4. The van der Waals surface area contributed by atoms with Crippen molar-refractivity contribution in [3.8, 4) is 5.75 Å². The van der Waals surface area contributed by atoms with Gasteiger partial charge in [-0.05, 0) is 36.4 Å². The van der Waals surface area contributed by atoms with E-state index < -0.39 is 5.97 Å². The molecule has 0 spiro atoms. The van der Waals surface area contributed by atoms with E-state index in [9.17, 15) is 9.90 Å². The number of phenols is 1. The topological polar surface area (TPSA) is 66.2 Å². The monoisotopic (exact) mass is 316 g/mol. The number of hydrogen-bond donors (Lipinski definition) is 1. The molecule has 2 aromatic rings. The lowest BCUT2D eigenvalue weighted by Gasteiger charge is -2.35. The van der Waals surface area contributed by atoms with Gasteiger partial charge in [0, 0.05) is 31.9 Å². The number of nitrogens with zero attached hydrogens (tertiary/aromatic N) is 2. The van der Waals surface area contributed by atoms with Crippen molar-refractivity contribution in [1.29, 1.82) is 0 Å². The molecule has 2 heterocycles. The van der Waals surface area contributed by atoms with Gasteiger partial charge in [0.25, 0.3) is 0 Å². The van der Waals surface area contributed by atoms with Gasteiger partial charge in [-0.25, -0.2) is 4.79 Å². The van der Waals surface area contributed by atoms with E-state index in [4.69, 9.17) is 4.42 Å². The third-order valence-corrected chi connectivity index (χ3v) is 4.01. The Morgan fingerprint density at radius 1 is 1.13 bits per heavy atom. The molecule has 122 valence electrons. The summed E-state index contributed by atoms with van der Waals surface area (Å²) in [4.78, 5) is 16.0. The number of esters is 1. The zero-order valence-corrected chi connectivity index (χ0v) is 13.1. The van der Waals surface area contributed by atoms with Crippen LogP contribution in [0.25, 0.3) is 0 Å². The van der Waals surface area contributed by atoms with Gasteiger partial charge >= 0.3 is 5.97 Å². The molecule has 0 atom stereocenters. The number of carbonyl (C=O) groups excluding carboxylic acids is 1. The Labute approximate surface area is 134 Å². The van der Waals surface area contributed by atoms with Crippen LogP contribution in [0, 0.1) is 0 Å². The van der Waals surface area contributed by atoms with Gasteiger partial charge in [-0.2, -0.15) is 0 Å². The summed E-state index contributed by atoms with van der Waals surface area (Å²) < 4.78 is 10.1. The summed E-state index contributed by atoms with van der Waals surface area (Å²) in [5, 5.41) is 9.35. The molecule has 0 aliphatic carbocycles. The second-order valence-electron chi connectivity index (χ2n) is 5.54. The summed E-state index contributed by atoms with van der Waals surface area (Å²) >= 11 is 0. The molecule has 3 rings (SSSR count). The fraction of sp³-hybridized carbons (Fsp3) is 0.353. The van der Waals surface area contributed by atoms with E-state index >= 15 is 0 Å². The highest BCUT2D eigenvalue weighted by Crippen LogP contribution is 2.20. The molecular weight excluding hydrogens is 296 g/mol. The van der Waals surface area contributed by atoms with Crippen molar-refractivity contribution in [2.24, 2.45) is 0 Å². The first-order chi connectivity index (χ1) is 11.2. The van der Waals surface area contributed by atoms with Crippen molar-refractivity contribution in [2.75, 3.05) is 38.2 Å². The second kappa shape index (κ2) is 6.75. The summed E-state index contributed by atoms with van der Waals surface area (Å²) in [6.45, 7) is 4.33. The highest BCUT2D eigenvalue weighted by atomic mass is 16.5. The number of rotatable bonds is 4. The molecule has 6 heteroatoms. The number of hydrogen-bond acceptors (Lipinski definition) is 6. The van der Waals surface area contributed by atoms with E-state index in [0.29, 0.717) is 6.54 Å². The fourth-order valence-electron chi connectivity index (χ4n) is 2.72. The molecule has 6 nitrogen and oxygen atoms in total. The number of anilines is 1. The number of benzene rings is 1. The molecule has 0 saturated carbocycles. The molecule has 1 aliphatic heterocycles. The largest absolute Gasteiger partial charge is 0.508 e. The van der Waals surface area contributed by atoms with E-state index in [-0.39, 0.29) is 11.5 Å². The SMILES string of the molecule is COC(=O)c1ccc(CN2CCN(c3ccc(O)cc3)CC2)o1. The van der Waals surface area contributed by atoms with Gasteiger partial charge in [0.15, 0.2) is 0 Å². The summed E-state index contributed by atoms with van der Waals surface area (Å²) in [5.41, 5.74) is 1.12. The highest BCUT2D eigenvalue weighted by Gasteiger charge is 2.19. The Morgan fingerprint density at radius 3 is 2.48 bits per heavy atom. The first-order valence-electron chi connectivity index (χ1n) is 7.59. The Morgan fingerprint density at radius 2 is 1.83 bits per heavy atom. The molecule has 1 aromatic heterocycles. The Bertz CT molecular complexity index is 657. The molecule has 23 heavy (non-hydrogen) atoms. The summed E-state index contributed by atoms with van der Waals surface area (Å²) in [5.74, 6) is 0.841. The molecule has 1 N–H and O–H groups in total. The van der Waals surface area contributed by atoms with E-state index in [1.165, 1.54) is 7.11 Å². The van der Waals surface area contributed by atoms with Gasteiger partial charge in [0.05, 0.1) is 13.7 Å². The van der Waals surface area contributed by atoms with Crippen LogP contribution in [0.5, 0.6) is 5.75 Å². The fourth-order valence-corrected chi connectivity index (χ4v) is 2.72. The normalized spacial score (nSPS) is 15.6. The van der Waals surface area contributed by atoms with E-state index in [2.05, 4.69) is 14.5 Å². The maximum atomic E-state index is 11.4. The standard InChI is InChI=1S/C17H20N2O4/c1-22-17(21)16-7-6-15(23-16)12-18-8-10-19(11-9-18)13-2-4-14(20)5-3-13/h2-7,20H,8-12H2,1H3.